The number of aromatic nitrogens is 1. The molecule has 4 rings (SSSR count). The first-order chi connectivity index (χ1) is 16.8. The third kappa shape index (κ3) is 4.40. The summed E-state index contributed by atoms with van der Waals surface area (Å²) in [6, 6.07) is 10.6. The van der Waals surface area contributed by atoms with Crippen LogP contribution in [-0.4, -0.2) is 41.5 Å². The van der Waals surface area contributed by atoms with E-state index in [0.29, 0.717) is 23.6 Å². The van der Waals surface area contributed by atoms with Crippen LogP contribution in [0.15, 0.2) is 54.1 Å². The molecule has 1 aromatic heterocycles. The number of ether oxygens (including phenoxy) is 2. The van der Waals surface area contributed by atoms with Crippen molar-refractivity contribution < 1.29 is 33.4 Å². The number of esters is 1. The van der Waals surface area contributed by atoms with Gasteiger partial charge in [-0.15, -0.1) is 0 Å². The van der Waals surface area contributed by atoms with Crippen LogP contribution in [0.2, 0.25) is 0 Å². The zero-order valence-electron chi connectivity index (χ0n) is 19.1. The van der Waals surface area contributed by atoms with E-state index in [1.807, 2.05) is 6.92 Å². The van der Waals surface area contributed by atoms with Crippen molar-refractivity contribution in [3.63, 3.8) is 0 Å². The molecule has 1 unspecified atom stereocenters. The molecule has 1 aliphatic heterocycles. The molecule has 0 aliphatic carbocycles. The van der Waals surface area contributed by atoms with Crippen LogP contribution in [0.1, 0.15) is 39.5 Å². The fraction of sp³-hybridized carbons (Fsp3) is 0.200. The zero-order valence-corrected chi connectivity index (χ0v) is 19.9. The van der Waals surface area contributed by atoms with Crippen LogP contribution in [0.25, 0.3) is 5.76 Å². The summed E-state index contributed by atoms with van der Waals surface area (Å²) < 4.78 is 23.7. The molecule has 1 N–H and O–H groups in total. The molecule has 2 aromatic carbocycles. The highest BCUT2D eigenvalue weighted by Crippen LogP contribution is 2.44. The van der Waals surface area contributed by atoms with Gasteiger partial charge in [0.25, 0.3) is 5.78 Å². The Morgan fingerprint density at radius 3 is 2.40 bits per heavy atom. The van der Waals surface area contributed by atoms with Crippen molar-refractivity contribution in [2.45, 2.75) is 19.9 Å². The average Bonchev–Trinajstić information content (AvgIpc) is 3.36. The van der Waals surface area contributed by atoms with Gasteiger partial charge in [0, 0.05) is 5.56 Å². The maximum absolute atomic E-state index is 13.4. The number of hydrogen-bond donors (Lipinski definition) is 1. The quantitative estimate of drug-likeness (QED) is 0.233. The molecule has 8 nitrogen and oxygen atoms in total. The highest BCUT2D eigenvalue weighted by Gasteiger charge is 2.48. The van der Waals surface area contributed by atoms with Gasteiger partial charge in [-0.1, -0.05) is 23.5 Å². The number of aliphatic hydroxyl groups excluding tert-OH is 1. The lowest BCUT2D eigenvalue weighted by Gasteiger charge is -2.23. The van der Waals surface area contributed by atoms with E-state index in [0.717, 1.165) is 28.4 Å². The number of carbonyl (C=O) groups excluding carboxylic acids is 3. The molecule has 1 amide bonds. The van der Waals surface area contributed by atoms with E-state index in [1.54, 1.807) is 31.2 Å². The topological polar surface area (TPSA) is 106 Å². The van der Waals surface area contributed by atoms with Gasteiger partial charge in [0.1, 0.15) is 22.2 Å². The number of carbonyl (C=O) groups is 3. The number of aryl methyl sites for hydroxylation is 1. The summed E-state index contributed by atoms with van der Waals surface area (Å²) in [6.07, 6.45) is 0. The van der Waals surface area contributed by atoms with Crippen molar-refractivity contribution in [1.29, 1.82) is 0 Å². The number of amides is 1. The predicted molar refractivity (Wildman–Crippen MR) is 127 cm³/mol. The molecule has 0 radical (unpaired) electrons. The van der Waals surface area contributed by atoms with Crippen molar-refractivity contribution in [1.82, 2.24) is 4.98 Å². The van der Waals surface area contributed by atoms with Crippen molar-refractivity contribution in [3.05, 3.63) is 81.6 Å². The fourth-order valence-corrected chi connectivity index (χ4v) is 4.80. The third-order valence-electron chi connectivity index (χ3n) is 5.43. The molecular weight excluding hydrogens is 475 g/mol. The molecule has 2 heterocycles. The van der Waals surface area contributed by atoms with E-state index in [2.05, 4.69) is 4.98 Å². The lowest BCUT2D eigenvalue weighted by Crippen LogP contribution is -2.29. The molecule has 0 bridgehead atoms. The van der Waals surface area contributed by atoms with Gasteiger partial charge in [-0.3, -0.25) is 14.5 Å². The summed E-state index contributed by atoms with van der Waals surface area (Å²) in [6.45, 7) is 3.89. The van der Waals surface area contributed by atoms with Gasteiger partial charge in [-0.05, 0) is 55.8 Å². The second-order valence-electron chi connectivity index (χ2n) is 7.58. The number of Topliss-reactive ketones (excluding diaryl/α,β-unsaturated/α-hetero) is 1. The molecular formula is C25H21FN2O6S. The van der Waals surface area contributed by atoms with Crippen molar-refractivity contribution >= 4 is 39.9 Å². The minimum atomic E-state index is -1.05. The van der Waals surface area contributed by atoms with E-state index in [-0.39, 0.29) is 21.1 Å². The first-order valence-corrected chi connectivity index (χ1v) is 11.4. The lowest BCUT2D eigenvalue weighted by atomic mass is 9.95. The average molecular weight is 497 g/mol. The normalized spacial score (nSPS) is 17.0. The summed E-state index contributed by atoms with van der Waals surface area (Å²) in [4.78, 5) is 44.2. The Bertz CT molecular complexity index is 1330. The van der Waals surface area contributed by atoms with Crippen molar-refractivity contribution in [2.24, 2.45) is 0 Å². The molecule has 10 heteroatoms. The summed E-state index contributed by atoms with van der Waals surface area (Å²) in [5.41, 5.74) is 0.829. The Labute approximate surface area is 204 Å². The summed E-state index contributed by atoms with van der Waals surface area (Å²) in [5.74, 6) is -2.85. The minimum absolute atomic E-state index is 0.0991. The van der Waals surface area contributed by atoms with Gasteiger partial charge in [-0.25, -0.2) is 14.2 Å². The maximum atomic E-state index is 13.4. The van der Waals surface area contributed by atoms with E-state index in [4.69, 9.17) is 9.47 Å². The van der Waals surface area contributed by atoms with Crippen LogP contribution in [0.5, 0.6) is 5.75 Å². The molecule has 1 aliphatic rings. The number of rotatable bonds is 6. The molecule has 1 saturated heterocycles. The predicted octanol–water partition coefficient (Wildman–Crippen LogP) is 4.40. The van der Waals surface area contributed by atoms with Gasteiger partial charge < -0.3 is 14.6 Å². The molecule has 35 heavy (non-hydrogen) atoms. The van der Waals surface area contributed by atoms with Crippen LogP contribution < -0.4 is 9.64 Å². The Morgan fingerprint density at radius 1 is 1.14 bits per heavy atom. The smallest absolute Gasteiger partial charge is 0.350 e. The molecule has 0 spiro atoms. The number of anilines is 1. The van der Waals surface area contributed by atoms with E-state index >= 15 is 0 Å². The Kier molecular flexibility index (Phi) is 6.65. The van der Waals surface area contributed by atoms with Crippen LogP contribution in [0, 0.1) is 12.7 Å². The standard InChI is InChI=1S/C25H21FN2O6S/c1-4-34-17-11-7-14(8-12-17)19-18(20(29)15-5-9-16(26)10-6-15)21(30)23(31)28(19)25-27-13(2)22(35-25)24(32)33-3/h5-12,19,29H,4H2,1-3H3/b20-18-. The molecule has 180 valence electrons. The van der Waals surface area contributed by atoms with Gasteiger partial charge in [0.2, 0.25) is 0 Å². The largest absolute Gasteiger partial charge is 0.507 e. The van der Waals surface area contributed by atoms with E-state index < -0.39 is 35.3 Å². The number of benzene rings is 2. The second kappa shape index (κ2) is 9.67. The van der Waals surface area contributed by atoms with Crippen molar-refractivity contribution in [2.75, 3.05) is 18.6 Å². The molecule has 3 aromatic rings. The van der Waals surface area contributed by atoms with E-state index in [9.17, 15) is 23.9 Å². The number of nitrogens with zero attached hydrogens (tertiary/aromatic N) is 2. The third-order valence-corrected chi connectivity index (χ3v) is 6.57. The molecule has 1 fully saturated rings. The minimum Gasteiger partial charge on any atom is -0.507 e. The fourth-order valence-electron chi connectivity index (χ4n) is 3.79. The van der Waals surface area contributed by atoms with Crippen LogP contribution in [-0.2, 0) is 14.3 Å². The van der Waals surface area contributed by atoms with Crippen LogP contribution in [0.4, 0.5) is 9.52 Å². The Morgan fingerprint density at radius 2 is 1.80 bits per heavy atom. The highest BCUT2D eigenvalue weighted by molar-refractivity contribution is 7.17. The summed E-state index contributed by atoms with van der Waals surface area (Å²) in [5, 5.41) is 11.2. The number of aliphatic hydroxyl groups is 1. The van der Waals surface area contributed by atoms with Gasteiger partial charge >= 0.3 is 11.9 Å². The SMILES string of the molecule is CCOc1ccc(C2/C(=C(/O)c3ccc(F)cc3)C(=O)C(=O)N2c2nc(C)c(C(=O)OC)s2)cc1. The van der Waals surface area contributed by atoms with Gasteiger partial charge in [0.05, 0.1) is 31.0 Å². The van der Waals surface area contributed by atoms with Crippen LogP contribution >= 0.6 is 11.3 Å². The van der Waals surface area contributed by atoms with Crippen LogP contribution in [0.3, 0.4) is 0 Å². The monoisotopic (exact) mass is 496 g/mol. The second-order valence-corrected chi connectivity index (χ2v) is 8.56. The molecule has 0 saturated carbocycles. The lowest BCUT2D eigenvalue weighted by molar-refractivity contribution is -0.132. The summed E-state index contributed by atoms with van der Waals surface area (Å²) in [7, 11) is 1.23. The zero-order chi connectivity index (χ0) is 25.3. The Balaban J connectivity index is 1.90. The summed E-state index contributed by atoms with van der Waals surface area (Å²) >= 11 is 0.905. The number of ketones is 1. The van der Waals surface area contributed by atoms with E-state index in [1.165, 1.54) is 19.2 Å². The number of methoxy groups -OCH3 is 1. The maximum Gasteiger partial charge on any atom is 0.350 e. The Hall–Kier alpha value is -4.05. The van der Waals surface area contributed by atoms with Gasteiger partial charge in [-0.2, -0.15) is 0 Å². The van der Waals surface area contributed by atoms with Gasteiger partial charge in [0.15, 0.2) is 5.13 Å². The highest BCUT2D eigenvalue weighted by atomic mass is 32.1. The first-order valence-electron chi connectivity index (χ1n) is 10.6. The molecule has 1 atom stereocenters. The van der Waals surface area contributed by atoms with Crippen molar-refractivity contribution in [3.8, 4) is 5.75 Å². The first kappa shape index (κ1) is 24.1. The number of halogens is 1. The number of hydrogen-bond acceptors (Lipinski definition) is 8. The number of thiazole rings is 1.